The second kappa shape index (κ2) is 5.26. The van der Waals surface area contributed by atoms with Gasteiger partial charge >= 0.3 is 5.97 Å². The molecule has 1 heterocycles. The van der Waals surface area contributed by atoms with Crippen molar-refractivity contribution in [3.8, 4) is 0 Å². The highest BCUT2D eigenvalue weighted by atomic mass is 16.4. The molecule has 0 aliphatic carbocycles. The van der Waals surface area contributed by atoms with Crippen LogP contribution in [-0.4, -0.2) is 20.6 Å². The van der Waals surface area contributed by atoms with Crippen molar-refractivity contribution in [3.63, 3.8) is 0 Å². The Hall–Kier alpha value is -2.10. The predicted octanol–water partition coefficient (Wildman–Crippen LogP) is 3.06. The Balaban J connectivity index is 2.24. The third-order valence-corrected chi connectivity index (χ3v) is 3.22. The summed E-state index contributed by atoms with van der Waals surface area (Å²) in [7, 11) is 0. The lowest BCUT2D eigenvalue weighted by molar-refractivity contribution is 0.0685. The quantitative estimate of drug-likeness (QED) is 0.917. The molecule has 2 aromatic rings. The van der Waals surface area contributed by atoms with Crippen LogP contribution >= 0.6 is 0 Å². The molecule has 1 aromatic heterocycles. The number of hydrogen-bond acceptors (Lipinski definition) is 2. The Bertz CT molecular complexity index is 583. The third-order valence-electron chi connectivity index (χ3n) is 3.22. The molecular formula is C15H18N2O2. The molecule has 0 saturated carbocycles. The average molecular weight is 258 g/mol. The Morgan fingerprint density at radius 3 is 2.47 bits per heavy atom. The summed E-state index contributed by atoms with van der Waals surface area (Å²) < 4.78 is 1.67. The van der Waals surface area contributed by atoms with Crippen molar-refractivity contribution < 1.29 is 9.90 Å². The fourth-order valence-electron chi connectivity index (χ4n) is 2.09. The molecule has 1 N–H and O–H groups in total. The monoisotopic (exact) mass is 258 g/mol. The molecule has 4 heteroatoms. The van der Waals surface area contributed by atoms with Crippen LogP contribution in [0.5, 0.6) is 0 Å². The van der Waals surface area contributed by atoms with Gasteiger partial charge in [-0.2, -0.15) is 0 Å². The molecule has 19 heavy (non-hydrogen) atoms. The molecule has 0 aliphatic heterocycles. The number of carbonyl (C=O) groups is 1. The Labute approximate surface area is 112 Å². The number of aryl methyl sites for hydroxylation is 1. The molecular weight excluding hydrogens is 240 g/mol. The number of hydrogen-bond donors (Lipinski definition) is 1. The Kier molecular flexibility index (Phi) is 3.69. The van der Waals surface area contributed by atoms with Gasteiger partial charge in [-0.05, 0) is 24.0 Å². The maximum atomic E-state index is 11.2. The van der Waals surface area contributed by atoms with Crippen molar-refractivity contribution in [2.75, 3.05) is 0 Å². The van der Waals surface area contributed by atoms with Gasteiger partial charge in [-0.15, -0.1) is 0 Å². The van der Waals surface area contributed by atoms with E-state index in [0.717, 1.165) is 5.56 Å². The standard InChI is InChI=1S/C15H18N2O2/c1-10(2)13-6-4-12(5-7-13)8-17-9-16-11(3)14(17)15(18)19/h4-7,9-10H,8H2,1-3H3,(H,18,19). The molecule has 0 saturated heterocycles. The predicted molar refractivity (Wildman–Crippen MR) is 73.6 cm³/mol. The van der Waals surface area contributed by atoms with E-state index in [1.807, 2.05) is 12.1 Å². The summed E-state index contributed by atoms with van der Waals surface area (Å²) in [6.07, 6.45) is 1.58. The van der Waals surface area contributed by atoms with Gasteiger partial charge in [0.1, 0.15) is 5.69 Å². The summed E-state index contributed by atoms with van der Waals surface area (Å²) in [5.74, 6) is -0.437. The first-order valence-corrected chi connectivity index (χ1v) is 6.33. The van der Waals surface area contributed by atoms with Gasteiger partial charge < -0.3 is 9.67 Å². The van der Waals surface area contributed by atoms with Gasteiger partial charge in [0.05, 0.1) is 12.0 Å². The minimum Gasteiger partial charge on any atom is -0.477 e. The SMILES string of the molecule is Cc1ncn(Cc2ccc(C(C)C)cc2)c1C(=O)O. The molecule has 0 aliphatic rings. The van der Waals surface area contributed by atoms with Crippen LogP contribution in [0.1, 0.15) is 47.1 Å². The number of carboxylic acids is 1. The van der Waals surface area contributed by atoms with E-state index < -0.39 is 5.97 Å². The largest absolute Gasteiger partial charge is 0.477 e. The number of carboxylic acid groups (broad SMARTS) is 1. The highest BCUT2D eigenvalue weighted by molar-refractivity contribution is 5.86. The summed E-state index contributed by atoms with van der Waals surface area (Å²) in [5, 5.41) is 9.17. The molecule has 100 valence electrons. The summed E-state index contributed by atoms with van der Waals surface area (Å²) in [5.41, 5.74) is 3.16. The first-order chi connectivity index (χ1) is 8.99. The molecule has 0 radical (unpaired) electrons. The zero-order chi connectivity index (χ0) is 14.0. The molecule has 1 aromatic carbocycles. The van der Waals surface area contributed by atoms with E-state index in [9.17, 15) is 4.79 Å². The lowest BCUT2D eigenvalue weighted by Gasteiger charge is -2.09. The van der Waals surface area contributed by atoms with E-state index in [1.54, 1.807) is 17.8 Å². The number of rotatable bonds is 4. The van der Waals surface area contributed by atoms with Gasteiger partial charge in [-0.1, -0.05) is 38.1 Å². The number of imidazole rings is 1. The van der Waals surface area contributed by atoms with Crippen LogP contribution < -0.4 is 0 Å². The Morgan fingerprint density at radius 2 is 1.95 bits per heavy atom. The smallest absolute Gasteiger partial charge is 0.354 e. The van der Waals surface area contributed by atoms with Gasteiger partial charge in [0.2, 0.25) is 0 Å². The van der Waals surface area contributed by atoms with E-state index in [-0.39, 0.29) is 5.69 Å². The highest BCUT2D eigenvalue weighted by Crippen LogP contribution is 2.16. The second-order valence-corrected chi connectivity index (χ2v) is 5.01. The van der Waals surface area contributed by atoms with Crippen LogP contribution in [0.3, 0.4) is 0 Å². The maximum absolute atomic E-state index is 11.2. The van der Waals surface area contributed by atoms with E-state index in [0.29, 0.717) is 18.2 Å². The van der Waals surface area contributed by atoms with Gasteiger partial charge in [-0.3, -0.25) is 0 Å². The molecule has 0 fully saturated rings. The summed E-state index contributed by atoms with van der Waals surface area (Å²) in [6.45, 7) is 6.54. The molecule has 0 amide bonds. The van der Waals surface area contributed by atoms with Gasteiger partial charge in [0.25, 0.3) is 0 Å². The van der Waals surface area contributed by atoms with Gasteiger partial charge in [0, 0.05) is 6.54 Å². The van der Waals surface area contributed by atoms with E-state index >= 15 is 0 Å². The third kappa shape index (κ3) is 2.84. The van der Waals surface area contributed by atoms with Crippen LogP contribution in [0.2, 0.25) is 0 Å². The molecule has 0 bridgehead atoms. The van der Waals surface area contributed by atoms with Crippen LogP contribution in [0.15, 0.2) is 30.6 Å². The number of aromatic carboxylic acids is 1. The molecule has 0 atom stereocenters. The van der Waals surface area contributed by atoms with Crippen molar-refractivity contribution in [1.29, 1.82) is 0 Å². The lowest BCUT2D eigenvalue weighted by Crippen LogP contribution is -2.10. The van der Waals surface area contributed by atoms with Crippen LogP contribution in [0.25, 0.3) is 0 Å². The van der Waals surface area contributed by atoms with Crippen molar-refractivity contribution in [1.82, 2.24) is 9.55 Å². The minimum absolute atomic E-state index is 0.257. The minimum atomic E-state index is -0.936. The van der Waals surface area contributed by atoms with E-state index in [4.69, 9.17) is 5.11 Å². The van der Waals surface area contributed by atoms with Crippen molar-refractivity contribution in [2.24, 2.45) is 0 Å². The maximum Gasteiger partial charge on any atom is 0.354 e. The summed E-state index contributed by atoms with van der Waals surface area (Å²) >= 11 is 0. The number of benzene rings is 1. The van der Waals surface area contributed by atoms with Crippen LogP contribution in [0.4, 0.5) is 0 Å². The molecule has 4 nitrogen and oxygen atoms in total. The van der Waals surface area contributed by atoms with Crippen LogP contribution in [0, 0.1) is 6.92 Å². The molecule has 0 spiro atoms. The topological polar surface area (TPSA) is 55.1 Å². The van der Waals surface area contributed by atoms with Crippen molar-refractivity contribution in [3.05, 3.63) is 53.1 Å². The van der Waals surface area contributed by atoms with E-state index in [2.05, 4.69) is 31.0 Å². The number of aromatic nitrogens is 2. The number of nitrogens with zero attached hydrogens (tertiary/aromatic N) is 2. The Morgan fingerprint density at radius 1 is 1.32 bits per heavy atom. The van der Waals surface area contributed by atoms with Crippen molar-refractivity contribution in [2.45, 2.75) is 33.2 Å². The fourth-order valence-corrected chi connectivity index (χ4v) is 2.09. The summed E-state index contributed by atoms with van der Waals surface area (Å²) in [6, 6.07) is 8.25. The zero-order valence-electron chi connectivity index (χ0n) is 11.4. The average Bonchev–Trinajstić information content (AvgIpc) is 2.71. The first kappa shape index (κ1) is 13.3. The second-order valence-electron chi connectivity index (χ2n) is 5.01. The zero-order valence-corrected chi connectivity index (χ0v) is 11.4. The molecule has 2 rings (SSSR count). The first-order valence-electron chi connectivity index (χ1n) is 6.33. The lowest BCUT2D eigenvalue weighted by atomic mass is 10.0. The fraction of sp³-hybridized carbons (Fsp3) is 0.333. The van der Waals surface area contributed by atoms with Gasteiger partial charge in [-0.25, -0.2) is 9.78 Å². The molecule has 0 unspecified atom stereocenters. The highest BCUT2D eigenvalue weighted by Gasteiger charge is 2.14. The van der Waals surface area contributed by atoms with E-state index in [1.165, 1.54) is 5.56 Å². The summed E-state index contributed by atoms with van der Waals surface area (Å²) in [4.78, 5) is 15.2. The van der Waals surface area contributed by atoms with Crippen LogP contribution in [-0.2, 0) is 6.54 Å². The van der Waals surface area contributed by atoms with Crippen molar-refractivity contribution >= 4 is 5.97 Å². The normalized spacial score (nSPS) is 10.9. The van der Waals surface area contributed by atoms with Gasteiger partial charge in [0.15, 0.2) is 0 Å².